The number of amides is 1. The van der Waals surface area contributed by atoms with E-state index in [1.807, 2.05) is 31.2 Å². The number of rotatable bonds is 1. The second kappa shape index (κ2) is 4.86. The van der Waals surface area contributed by atoms with Crippen LogP contribution in [0, 0.1) is 6.92 Å². The number of benzene rings is 2. The molecule has 1 heterocycles. The van der Waals surface area contributed by atoms with E-state index in [0.717, 1.165) is 16.8 Å². The van der Waals surface area contributed by atoms with Crippen molar-refractivity contribution in [1.82, 2.24) is 5.32 Å². The number of anilines is 1. The zero-order valence-corrected chi connectivity index (χ0v) is 10.8. The summed E-state index contributed by atoms with van der Waals surface area (Å²) in [5.41, 5.74) is 4.34. The number of hydrogen-bond acceptors (Lipinski definition) is 2. The van der Waals surface area contributed by atoms with Gasteiger partial charge >= 0.3 is 0 Å². The van der Waals surface area contributed by atoms with Crippen LogP contribution in [0.15, 0.2) is 48.5 Å². The third-order valence-electron chi connectivity index (χ3n) is 3.39. The number of nitrogens with one attached hydrogen (secondary N) is 2. The first-order valence-electron chi connectivity index (χ1n) is 6.43. The van der Waals surface area contributed by atoms with E-state index in [1.54, 1.807) is 0 Å². The van der Waals surface area contributed by atoms with Gasteiger partial charge in [0.2, 0.25) is 5.91 Å². The van der Waals surface area contributed by atoms with Crippen LogP contribution in [0.2, 0.25) is 0 Å². The van der Waals surface area contributed by atoms with Gasteiger partial charge in [-0.05, 0) is 29.7 Å². The Bertz CT molecular complexity index is 607. The largest absolute Gasteiger partial charge is 0.325 e. The van der Waals surface area contributed by atoms with E-state index in [2.05, 4.69) is 34.9 Å². The van der Waals surface area contributed by atoms with Crippen molar-refractivity contribution in [2.45, 2.75) is 13.0 Å². The van der Waals surface area contributed by atoms with Gasteiger partial charge in [0.05, 0.1) is 12.6 Å². The Labute approximate surface area is 112 Å². The van der Waals surface area contributed by atoms with Gasteiger partial charge in [-0.3, -0.25) is 10.1 Å². The maximum atomic E-state index is 11.8. The highest BCUT2D eigenvalue weighted by molar-refractivity contribution is 5.94. The second-order valence-electron chi connectivity index (χ2n) is 4.86. The summed E-state index contributed by atoms with van der Waals surface area (Å²) in [5, 5.41) is 6.27. The monoisotopic (exact) mass is 252 g/mol. The minimum absolute atomic E-state index is 0.00489. The summed E-state index contributed by atoms with van der Waals surface area (Å²) in [6, 6.07) is 16.4. The number of aryl methyl sites for hydroxylation is 1. The van der Waals surface area contributed by atoms with Crippen LogP contribution >= 0.6 is 0 Å². The number of hydrogen-bond donors (Lipinski definition) is 2. The van der Waals surface area contributed by atoms with Crippen molar-refractivity contribution in [2.24, 2.45) is 0 Å². The van der Waals surface area contributed by atoms with E-state index < -0.39 is 0 Å². The van der Waals surface area contributed by atoms with Crippen molar-refractivity contribution in [1.29, 1.82) is 0 Å². The standard InChI is InChI=1S/C16H16N2O/c1-11-7-8-13-14(9-11)18-15(19)10-17-16(13)12-5-3-2-4-6-12/h2-9,16-17H,10H2,1H3,(H,18,19)/t16-/m1/s1. The van der Waals surface area contributed by atoms with E-state index in [0.29, 0.717) is 6.54 Å². The maximum Gasteiger partial charge on any atom is 0.238 e. The van der Waals surface area contributed by atoms with Gasteiger partial charge in [0.25, 0.3) is 0 Å². The summed E-state index contributed by atoms with van der Waals surface area (Å²) in [4.78, 5) is 11.8. The van der Waals surface area contributed by atoms with Crippen molar-refractivity contribution >= 4 is 11.6 Å². The van der Waals surface area contributed by atoms with Crippen LogP contribution in [0.4, 0.5) is 5.69 Å². The highest BCUT2D eigenvalue weighted by Crippen LogP contribution is 2.30. The van der Waals surface area contributed by atoms with Gasteiger partial charge in [-0.2, -0.15) is 0 Å². The average Bonchev–Trinajstić information content (AvgIpc) is 2.57. The minimum Gasteiger partial charge on any atom is -0.325 e. The Morgan fingerprint density at radius 3 is 2.68 bits per heavy atom. The minimum atomic E-state index is 0.00489. The lowest BCUT2D eigenvalue weighted by Gasteiger charge is -2.18. The van der Waals surface area contributed by atoms with Crippen LogP contribution in [-0.4, -0.2) is 12.5 Å². The Hall–Kier alpha value is -2.13. The second-order valence-corrected chi connectivity index (χ2v) is 4.86. The Balaban J connectivity index is 2.10. The molecular weight excluding hydrogens is 236 g/mol. The first-order chi connectivity index (χ1) is 9.24. The quantitative estimate of drug-likeness (QED) is 0.819. The first kappa shape index (κ1) is 11.9. The third-order valence-corrected chi connectivity index (χ3v) is 3.39. The molecule has 19 heavy (non-hydrogen) atoms. The molecule has 3 nitrogen and oxygen atoms in total. The Morgan fingerprint density at radius 1 is 1.11 bits per heavy atom. The highest BCUT2D eigenvalue weighted by Gasteiger charge is 2.22. The lowest BCUT2D eigenvalue weighted by molar-refractivity contribution is -0.115. The molecule has 2 aromatic carbocycles. The predicted octanol–water partition coefficient (Wildman–Crippen LogP) is 2.63. The molecule has 0 fully saturated rings. The zero-order valence-electron chi connectivity index (χ0n) is 10.8. The van der Waals surface area contributed by atoms with Crippen LogP contribution in [-0.2, 0) is 4.79 Å². The van der Waals surface area contributed by atoms with Gasteiger partial charge in [-0.15, -0.1) is 0 Å². The highest BCUT2D eigenvalue weighted by atomic mass is 16.1. The molecule has 3 rings (SSSR count). The predicted molar refractivity (Wildman–Crippen MR) is 76.1 cm³/mol. The summed E-state index contributed by atoms with van der Waals surface area (Å²) in [5.74, 6) is 0.00489. The summed E-state index contributed by atoms with van der Waals surface area (Å²) in [6.45, 7) is 2.36. The maximum absolute atomic E-state index is 11.8. The first-order valence-corrected chi connectivity index (χ1v) is 6.43. The number of carbonyl (C=O) groups is 1. The average molecular weight is 252 g/mol. The lowest BCUT2D eigenvalue weighted by Crippen LogP contribution is -2.27. The molecule has 0 aliphatic carbocycles. The van der Waals surface area contributed by atoms with Gasteiger partial charge in [0, 0.05) is 5.69 Å². The molecule has 0 aromatic heterocycles. The van der Waals surface area contributed by atoms with Crippen LogP contribution < -0.4 is 10.6 Å². The van der Waals surface area contributed by atoms with Gasteiger partial charge in [0.15, 0.2) is 0 Å². The Morgan fingerprint density at radius 2 is 1.89 bits per heavy atom. The summed E-state index contributed by atoms with van der Waals surface area (Å²) in [6.07, 6.45) is 0. The molecule has 0 saturated carbocycles. The summed E-state index contributed by atoms with van der Waals surface area (Å²) in [7, 11) is 0. The number of carbonyl (C=O) groups excluding carboxylic acids is 1. The van der Waals surface area contributed by atoms with Gasteiger partial charge in [-0.25, -0.2) is 0 Å². The van der Waals surface area contributed by atoms with Crippen molar-refractivity contribution in [3.8, 4) is 0 Å². The SMILES string of the molecule is Cc1ccc2c(c1)NC(=O)CN[C@@H]2c1ccccc1. The van der Waals surface area contributed by atoms with Crippen LogP contribution in [0.1, 0.15) is 22.7 Å². The smallest absolute Gasteiger partial charge is 0.238 e. The molecule has 2 N–H and O–H groups in total. The van der Waals surface area contributed by atoms with E-state index in [1.165, 1.54) is 5.56 Å². The molecule has 2 aromatic rings. The molecule has 0 spiro atoms. The molecule has 1 aliphatic heterocycles. The Kier molecular flexibility index (Phi) is 3.05. The molecule has 1 amide bonds. The third kappa shape index (κ3) is 2.37. The van der Waals surface area contributed by atoms with Gasteiger partial charge in [-0.1, -0.05) is 42.5 Å². The molecule has 1 atom stereocenters. The van der Waals surface area contributed by atoms with Crippen molar-refractivity contribution in [3.05, 3.63) is 65.2 Å². The van der Waals surface area contributed by atoms with E-state index in [-0.39, 0.29) is 11.9 Å². The topological polar surface area (TPSA) is 41.1 Å². The van der Waals surface area contributed by atoms with Crippen molar-refractivity contribution in [2.75, 3.05) is 11.9 Å². The summed E-state index contributed by atoms with van der Waals surface area (Å²) < 4.78 is 0. The van der Waals surface area contributed by atoms with E-state index >= 15 is 0 Å². The van der Waals surface area contributed by atoms with Gasteiger partial charge < -0.3 is 5.32 Å². The molecule has 0 unspecified atom stereocenters. The fraction of sp³-hybridized carbons (Fsp3) is 0.188. The molecular formula is C16H16N2O. The van der Waals surface area contributed by atoms with Gasteiger partial charge in [0.1, 0.15) is 0 Å². The fourth-order valence-corrected chi connectivity index (χ4v) is 2.47. The molecule has 0 bridgehead atoms. The zero-order chi connectivity index (χ0) is 13.2. The molecule has 0 saturated heterocycles. The lowest BCUT2D eigenvalue weighted by atomic mass is 9.96. The van der Waals surface area contributed by atoms with E-state index in [4.69, 9.17) is 0 Å². The van der Waals surface area contributed by atoms with Crippen molar-refractivity contribution in [3.63, 3.8) is 0 Å². The molecule has 0 radical (unpaired) electrons. The van der Waals surface area contributed by atoms with Crippen LogP contribution in [0.3, 0.4) is 0 Å². The van der Waals surface area contributed by atoms with Crippen LogP contribution in [0.5, 0.6) is 0 Å². The van der Waals surface area contributed by atoms with E-state index in [9.17, 15) is 4.79 Å². The number of fused-ring (bicyclic) bond motifs is 1. The van der Waals surface area contributed by atoms with Crippen LogP contribution in [0.25, 0.3) is 0 Å². The molecule has 1 aliphatic rings. The normalized spacial score (nSPS) is 18.4. The molecule has 96 valence electrons. The molecule has 3 heteroatoms. The summed E-state index contributed by atoms with van der Waals surface area (Å²) >= 11 is 0. The fourth-order valence-electron chi connectivity index (χ4n) is 2.47. The van der Waals surface area contributed by atoms with Crippen molar-refractivity contribution < 1.29 is 4.79 Å².